The van der Waals surface area contributed by atoms with Crippen LogP contribution in [0.3, 0.4) is 0 Å². The molecule has 0 bridgehead atoms. The Kier molecular flexibility index (Phi) is 2.82. The summed E-state index contributed by atoms with van der Waals surface area (Å²) in [5.41, 5.74) is 6.56. The van der Waals surface area contributed by atoms with E-state index in [0.717, 1.165) is 24.7 Å². The van der Waals surface area contributed by atoms with Gasteiger partial charge >= 0.3 is 0 Å². The summed E-state index contributed by atoms with van der Waals surface area (Å²) in [6, 6.07) is 9.83. The number of benzene rings is 1. The average Bonchev–Trinajstić information content (AvgIpc) is 2.67. The van der Waals surface area contributed by atoms with Crippen LogP contribution in [-0.2, 0) is 0 Å². The molecule has 1 aliphatic heterocycles. The molecular weight excluding hydrogens is 208 g/mol. The molecule has 0 radical (unpaired) electrons. The number of aliphatic imine (C=N–C) groups is 1. The van der Waals surface area contributed by atoms with Crippen molar-refractivity contribution in [1.29, 1.82) is 0 Å². The number of hydrogen-bond donors (Lipinski definition) is 2. The van der Waals surface area contributed by atoms with E-state index in [1.807, 2.05) is 30.3 Å². The fourth-order valence-corrected chi connectivity index (χ4v) is 1.60. The van der Waals surface area contributed by atoms with Gasteiger partial charge in [0.15, 0.2) is 5.11 Å². The zero-order valence-electron chi connectivity index (χ0n) is 8.18. The van der Waals surface area contributed by atoms with Gasteiger partial charge in [-0.05, 0) is 24.4 Å². The Labute approximate surface area is 93.8 Å². The van der Waals surface area contributed by atoms with Gasteiger partial charge in [0.1, 0.15) is 0 Å². The second kappa shape index (κ2) is 4.27. The number of rotatable bonds is 1. The number of nitrogens with zero attached hydrogens (tertiary/aromatic N) is 2. The van der Waals surface area contributed by atoms with Gasteiger partial charge < -0.3 is 11.1 Å². The second-order valence-corrected chi connectivity index (χ2v) is 3.60. The Hall–Kier alpha value is -1.62. The zero-order valence-corrected chi connectivity index (χ0v) is 9.00. The summed E-state index contributed by atoms with van der Waals surface area (Å²) in [5.74, 6) is 0.730. The van der Waals surface area contributed by atoms with Crippen molar-refractivity contribution in [2.24, 2.45) is 10.7 Å². The minimum atomic E-state index is 0.356. The summed E-state index contributed by atoms with van der Waals surface area (Å²) < 4.78 is 0. The number of anilines is 1. The molecular formula is C10H12N4S. The van der Waals surface area contributed by atoms with Crippen LogP contribution in [0.4, 0.5) is 5.69 Å². The summed E-state index contributed by atoms with van der Waals surface area (Å²) in [6.45, 7) is 1.48. The average molecular weight is 220 g/mol. The van der Waals surface area contributed by atoms with Crippen molar-refractivity contribution in [3.8, 4) is 0 Å². The maximum atomic E-state index is 5.58. The normalized spacial score (nSPS) is 14.9. The predicted molar refractivity (Wildman–Crippen MR) is 65.9 cm³/mol. The van der Waals surface area contributed by atoms with E-state index < -0.39 is 0 Å². The minimum absolute atomic E-state index is 0.356. The highest BCUT2D eigenvalue weighted by Crippen LogP contribution is 2.09. The van der Waals surface area contributed by atoms with E-state index in [2.05, 4.69) is 10.3 Å². The highest BCUT2D eigenvalue weighted by atomic mass is 32.1. The molecule has 0 saturated heterocycles. The number of nitrogens with two attached hydrogens (primary N) is 1. The van der Waals surface area contributed by atoms with E-state index in [1.54, 1.807) is 4.90 Å². The molecule has 0 amide bonds. The van der Waals surface area contributed by atoms with Crippen LogP contribution in [0.25, 0.3) is 0 Å². The molecule has 0 unspecified atom stereocenters. The van der Waals surface area contributed by atoms with Gasteiger partial charge in [-0.1, -0.05) is 18.2 Å². The first-order valence-electron chi connectivity index (χ1n) is 4.71. The zero-order chi connectivity index (χ0) is 10.7. The maximum Gasteiger partial charge on any atom is 0.204 e. The third-order valence-electron chi connectivity index (χ3n) is 2.14. The van der Waals surface area contributed by atoms with Gasteiger partial charge in [-0.2, -0.15) is 0 Å². The predicted octanol–water partition coefficient (Wildman–Crippen LogP) is 1.01. The van der Waals surface area contributed by atoms with Crippen molar-refractivity contribution in [2.75, 3.05) is 18.4 Å². The first-order valence-corrected chi connectivity index (χ1v) is 5.12. The van der Waals surface area contributed by atoms with Gasteiger partial charge in [-0.3, -0.25) is 9.89 Å². The van der Waals surface area contributed by atoms with E-state index in [9.17, 15) is 0 Å². The van der Waals surface area contributed by atoms with E-state index in [4.69, 9.17) is 18.0 Å². The third kappa shape index (κ3) is 2.24. The van der Waals surface area contributed by atoms with Crippen molar-refractivity contribution in [1.82, 2.24) is 4.90 Å². The molecule has 0 fully saturated rings. The standard InChI is InChI=1S/C10H12N4S/c11-9(15)14-7-6-12-10(14)13-8-4-2-1-3-5-8/h1-5H,6-7H2,(H2,11,15)(H,12,13). The molecule has 0 atom stereocenters. The molecule has 3 N–H and O–H groups in total. The highest BCUT2D eigenvalue weighted by Gasteiger charge is 2.18. The smallest absolute Gasteiger partial charge is 0.204 e. The lowest BCUT2D eigenvalue weighted by Gasteiger charge is -2.18. The molecule has 0 aliphatic carbocycles. The molecule has 0 spiro atoms. The number of guanidine groups is 1. The molecule has 4 nitrogen and oxygen atoms in total. The van der Waals surface area contributed by atoms with Crippen molar-refractivity contribution in [2.45, 2.75) is 0 Å². The van der Waals surface area contributed by atoms with Crippen LogP contribution in [0, 0.1) is 0 Å². The Morgan fingerprint density at radius 2 is 2.13 bits per heavy atom. The third-order valence-corrected chi connectivity index (χ3v) is 2.36. The molecule has 0 aromatic heterocycles. The molecule has 0 saturated carbocycles. The molecule has 1 heterocycles. The van der Waals surface area contributed by atoms with E-state index in [0.29, 0.717) is 5.11 Å². The number of nitrogens with one attached hydrogen (secondary N) is 1. The van der Waals surface area contributed by atoms with Gasteiger partial charge in [0, 0.05) is 12.2 Å². The van der Waals surface area contributed by atoms with E-state index in [-0.39, 0.29) is 0 Å². The summed E-state index contributed by atoms with van der Waals surface area (Å²) in [6.07, 6.45) is 0. The second-order valence-electron chi connectivity index (χ2n) is 3.19. The summed E-state index contributed by atoms with van der Waals surface area (Å²) in [5, 5.41) is 3.54. The Bertz CT molecular complexity index is 388. The quantitative estimate of drug-likeness (QED) is 0.694. The monoisotopic (exact) mass is 220 g/mol. The molecule has 1 aromatic carbocycles. The van der Waals surface area contributed by atoms with Gasteiger partial charge in [0.25, 0.3) is 0 Å². The molecule has 5 heteroatoms. The lowest BCUT2D eigenvalue weighted by atomic mass is 10.3. The summed E-state index contributed by atoms with van der Waals surface area (Å²) in [7, 11) is 0. The molecule has 15 heavy (non-hydrogen) atoms. The number of hydrogen-bond acceptors (Lipinski definition) is 3. The van der Waals surface area contributed by atoms with Gasteiger partial charge in [0.2, 0.25) is 5.96 Å². The van der Waals surface area contributed by atoms with Crippen molar-refractivity contribution >= 4 is 29.0 Å². The lowest BCUT2D eigenvalue weighted by Crippen LogP contribution is -2.41. The van der Waals surface area contributed by atoms with Crippen LogP contribution in [-0.4, -0.2) is 29.1 Å². The van der Waals surface area contributed by atoms with Crippen molar-refractivity contribution in [3.05, 3.63) is 30.3 Å². The first kappa shape index (κ1) is 9.92. The minimum Gasteiger partial charge on any atom is -0.376 e. The van der Waals surface area contributed by atoms with Crippen LogP contribution >= 0.6 is 12.2 Å². The number of thiocarbonyl (C=S) groups is 1. The molecule has 1 aromatic rings. The fraction of sp³-hybridized carbons (Fsp3) is 0.200. The van der Waals surface area contributed by atoms with Gasteiger partial charge in [-0.25, -0.2) is 0 Å². The van der Waals surface area contributed by atoms with Crippen molar-refractivity contribution < 1.29 is 0 Å². The van der Waals surface area contributed by atoms with Crippen LogP contribution in [0.5, 0.6) is 0 Å². The van der Waals surface area contributed by atoms with Crippen LogP contribution in [0.15, 0.2) is 35.3 Å². The molecule has 2 rings (SSSR count). The van der Waals surface area contributed by atoms with Crippen LogP contribution in [0.2, 0.25) is 0 Å². The number of para-hydroxylation sites is 1. The fourth-order valence-electron chi connectivity index (χ4n) is 1.42. The Morgan fingerprint density at radius 3 is 2.80 bits per heavy atom. The molecule has 1 aliphatic rings. The van der Waals surface area contributed by atoms with Crippen molar-refractivity contribution in [3.63, 3.8) is 0 Å². The SMILES string of the molecule is NC(=S)N1CCN=C1Nc1ccccc1. The Balaban J connectivity index is 2.09. The van der Waals surface area contributed by atoms with Crippen LogP contribution < -0.4 is 11.1 Å². The topological polar surface area (TPSA) is 53.6 Å². The Morgan fingerprint density at radius 1 is 1.40 bits per heavy atom. The van der Waals surface area contributed by atoms with E-state index >= 15 is 0 Å². The van der Waals surface area contributed by atoms with Crippen LogP contribution in [0.1, 0.15) is 0 Å². The molecule has 78 valence electrons. The maximum absolute atomic E-state index is 5.58. The summed E-state index contributed by atoms with van der Waals surface area (Å²) >= 11 is 4.93. The lowest BCUT2D eigenvalue weighted by molar-refractivity contribution is 0.669. The van der Waals surface area contributed by atoms with Gasteiger partial charge in [-0.15, -0.1) is 0 Å². The van der Waals surface area contributed by atoms with Gasteiger partial charge in [0.05, 0.1) is 6.54 Å². The van der Waals surface area contributed by atoms with E-state index in [1.165, 1.54) is 0 Å². The largest absolute Gasteiger partial charge is 0.376 e. The summed E-state index contributed by atoms with van der Waals surface area (Å²) in [4.78, 5) is 6.09. The highest BCUT2D eigenvalue weighted by molar-refractivity contribution is 7.80. The first-order chi connectivity index (χ1) is 7.27.